The molecule has 0 amide bonds. The highest BCUT2D eigenvalue weighted by molar-refractivity contribution is 5.43. The molecule has 1 aromatic heterocycles. The van der Waals surface area contributed by atoms with Crippen molar-refractivity contribution in [3.63, 3.8) is 0 Å². The van der Waals surface area contributed by atoms with Crippen molar-refractivity contribution < 1.29 is 0 Å². The van der Waals surface area contributed by atoms with Gasteiger partial charge in [-0.1, -0.05) is 18.2 Å². The first-order chi connectivity index (χ1) is 9.25. The Morgan fingerprint density at radius 3 is 2.89 bits per heavy atom. The Morgan fingerprint density at radius 2 is 2.11 bits per heavy atom. The van der Waals surface area contributed by atoms with Gasteiger partial charge in [0.2, 0.25) is 0 Å². The Hall–Kier alpha value is -1.77. The molecule has 2 aromatic rings. The molecular weight excluding hydrogens is 234 g/mol. The molecule has 1 aliphatic rings. The molecule has 1 aliphatic carbocycles. The van der Waals surface area contributed by atoms with E-state index in [0.717, 1.165) is 6.54 Å². The van der Waals surface area contributed by atoms with Gasteiger partial charge in [-0.2, -0.15) is 5.10 Å². The molecular formula is C16H21N3. The maximum atomic E-state index is 4.59. The van der Waals surface area contributed by atoms with Gasteiger partial charge in [-0.05, 0) is 43.9 Å². The molecule has 3 heteroatoms. The Bertz CT molecular complexity index is 557. The summed E-state index contributed by atoms with van der Waals surface area (Å²) in [7, 11) is 2.08. The van der Waals surface area contributed by atoms with Gasteiger partial charge in [0, 0.05) is 30.9 Å². The minimum atomic E-state index is 0.579. The van der Waals surface area contributed by atoms with Crippen LogP contribution in [0.1, 0.15) is 35.7 Å². The van der Waals surface area contributed by atoms with Crippen molar-refractivity contribution in [2.45, 2.75) is 32.1 Å². The third kappa shape index (κ3) is 2.37. The number of anilines is 1. The predicted molar refractivity (Wildman–Crippen MR) is 78.6 cm³/mol. The lowest BCUT2D eigenvalue weighted by Crippen LogP contribution is -2.20. The summed E-state index contributed by atoms with van der Waals surface area (Å²) >= 11 is 0. The molecule has 0 aliphatic heterocycles. The summed E-state index contributed by atoms with van der Waals surface area (Å²) < 4.78 is 2.08. The average molecular weight is 255 g/mol. The molecule has 3 rings (SSSR count). The minimum absolute atomic E-state index is 0.579. The summed E-state index contributed by atoms with van der Waals surface area (Å²) in [6.45, 7) is 3.13. The van der Waals surface area contributed by atoms with Gasteiger partial charge in [-0.15, -0.1) is 0 Å². The second-order valence-electron chi connectivity index (χ2n) is 5.41. The lowest BCUT2D eigenvalue weighted by atomic mass is 9.86. The van der Waals surface area contributed by atoms with Crippen LogP contribution in [0.25, 0.3) is 0 Å². The highest BCUT2D eigenvalue weighted by Gasteiger charge is 2.25. The molecule has 3 nitrogen and oxygen atoms in total. The molecule has 19 heavy (non-hydrogen) atoms. The first kappa shape index (κ1) is 12.3. The highest BCUT2D eigenvalue weighted by Crippen LogP contribution is 2.33. The number of hydrogen-bond donors (Lipinski definition) is 1. The number of aryl methyl sites for hydroxylation is 2. The van der Waals surface area contributed by atoms with E-state index in [1.807, 2.05) is 6.07 Å². The smallest absolute Gasteiger partial charge is 0.0628 e. The van der Waals surface area contributed by atoms with Crippen molar-refractivity contribution in [3.05, 3.63) is 47.3 Å². The molecule has 0 radical (unpaired) electrons. The number of para-hydroxylation sites is 1. The number of benzene rings is 1. The largest absolute Gasteiger partial charge is 0.384 e. The Morgan fingerprint density at radius 1 is 1.32 bits per heavy atom. The second kappa shape index (κ2) is 5.08. The number of fused-ring (bicyclic) bond motifs is 1. The minimum Gasteiger partial charge on any atom is -0.384 e. The van der Waals surface area contributed by atoms with Crippen molar-refractivity contribution in [1.29, 1.82) is 0 Å². The fourth-order valence-corrected chi connectivity index (χ4v) is 3.20. The molecule has 0 saturated carbocycles. The SMILES string of the molecule is Cc1nn(C)c2c1CCCC2CNc1ccccc1. The zero-order valence-corrected chi connectivity index (χ0v) is 11.7. The molecule has 100 valence electrons. The van der Waals surface area contributed by atoms with E-state index in [9.17, 15) is 0 Å². The van der Waals surface area contributed by atoms with Crippen LogP contribution in [0, 0.1) is 6.92 Å². The van der Waals surface area contributed by atoms with Gasteiger partial charge in [0.1, 0.15) is 0 Å². The van der Waals surface area contributed by atoms with E-state index in [1.54, 1.807) is 0 Å². The van der Waals surface area contributed by atoms with Gasteiger partial charge in [0.05, 0.1) is 5.69 Å². The van der Waals surface area contributed by atoms with Crippen LogP contribution in [-0.2, 0) is 13.5 Å². The standard InChI is InChI=1S/C16H21N3/c1-12-15-10-6-7-13(16(15)19(2)18-12)11-17-14-8-4-3-5-9-14/h3-5,8-9,13,17H,6-7,10-11H2,1-2H3. The van der Waals surface area contributed by atoms with Crippen molar-refractivity contribution in [2.75, 3.05) is 11.9 Å². The van der Waals surface area contributed by atoms with Crippen molar-refractivity contribution in [1.82, 2.24) is 9.78 Å². The molecule has 0 spiro atoms. The van der Waals surface area contributed by atoms with Crippen LogP contribution in [0.3, 0.4) is 0 Å². The Balaban J connectivity index is 1.77. The number of hydrogen-bond acceptors (Lipinski definition) is 2. The van der Waals surface area contributed by atoms with E-state index in [1.165, 1.54) is 41.9 Å². The molecule has 0 bridgehead atoms. The fraction of sp³-hybridized carbons (Fsp3) is 0.438. The van der Waals surface area contributed by atoms with E-state index in [-0.39, 0.29) is 0 Å². The first-order valence-electron chi connectivity index (χ1n) is 7.07. The topological polar surface area (TPSA) is 29.9 Å². The quantitative estimate of drug-likeness (QED) is 0.912. The van der Waals surface area contributed by atoms with Crippen LogP contribution in [0.5, 0.6) is 0 Å². The van der Waals surface area contributed by atoms with E-state index in [0.29, 0.717) is 5.92 Å². The second-order valence-corrected chi connectivity index (χ2v) is 5.41. The zero-order valence-electron chi connectivity index (χ0n) is 11.7. The molecule has 1 heterocycles. The van der Waals surface area contributed by atoms with Crippen molar-refractivity contribution in [2.24, 2.45) is 7.05 Å². The maximum Gasteiger partial charge on any atom is 0.0628 e. The van der Waals surface area contributed by atoms with Crippen LogP contribution < -0.4 is 5.32 Å². The average Bonchev–Trinajstić information content (AvgIpc) is 2.74. The van der Waals surface area contributed by atoms with Crippen LogP contribution in [0.4, 0.5) is 5.69 Å². The normalized spacial score (nSPS) is 18.1. The van der Waals surface area contributed by atoms with E-state index in [2.05, 4.69) is 53.3 Å². The summed E-state index contributed by atoms with van der Waals surface area (Å²) in [5.74, 6) is 0.579. The monoisotopic (exact) mass is 255 g/mol. The van der Waals surface area contributed by atoms with Crippen LogP contribution >= 0.6 is 0 Å². The van der Waals surface area contributed by atoms with Crippen molar-refractivity contribution in [3.8, 4) is 0 Å². The summed E-state index contributed by atoms with van der Waals surface area (Å²) in [5, 5.41) is 8.14. The number of nitrogens with one attached hydrogen (secondary N) is 1. The lowest BCUT2D eigenvalue weighted by molar-refractivity contribution is 0.529. The Labute approximate surface area is 114 Å². The van der Waals surface area contributed by atoms with E-state index >= 15 is 0 Å². The summed E-state index contributed by atoms with van der Waals surface area (Å²) in [4.78, 5) is 0. The summed E-state index contributed by atoms with van der Waals surface area (Å²) in [6, 6.07) is 10.4. The number of nitrogens with zero attached hydrogens (tertiary/aromatic N) is 2. The number of aromatic nitrogens is 2. The van der Waals surface area contributed by atoms with Gasteiger partial charge in [-0.3, -0.25) is 4.68 Å². The molecule has 0 saturated heterocycles. The molecule has 1 atom stereocenters. The van der Waals surface area contributed by atoms with Gasteiger partial charge in [0.15, 0.2) is 0 Å². The van der Waals surface area contributed by atoms with Gasteiger partial charge in [-0.25, -0.2) is 0 Å². The van der Waals surface area contributed by atoms with Gasteiger partial charge >= 0.3 is 0 Å². The predicted octanol–water partition coefficient (Wildman–Crippen LogP) is 3.26. The van der Waals surface area contributed by atoms with Gasteiger partial charge in [0.25, 0.3) is 0 Å². The van der Waals surface area contributed by atoms with Crippen molar-refractivity contribution >= 4 is 5.69 Å². The van der Waals surface area contributed by atoms with Crippen LogP contribution in [0.2, 0.25) is 0 Å². The summed E-state index contributed by atoms with van der Waals surface area (Å²) in [6.07, 6.45) is 3.73. The molecule has 1 unspecified atom stereocenters. The number of rotatable bonds is 3. The maximum absolute atomic E-state index is 4.59. The van der Waals surface area contributed by atoms with E-state index in [4.69, 9.17) is 0 Å². The first-order valence-corrected chi connectivity index (χ1v) is 7.07. The van der Waals surface area contributed by atoms with Crippen LogP contribution in [-0.4, -0.2) is 16.3 Å². The third-order valence-electron chi connectivity index (χ3n) is 4.09. The molecule has 1 N–H and O–H groups in total. The summed E-state index contributed by atoms with van der Waals surface area (Å²) in [5.41, 5.74) is 5.33. The van der Waals surface area contributed by atoms with E-state index < -0.39 is 0 Å². The van der Waals surface area contributed by atoms with Gasteiger partial charge < -0.3 is 5.32 Å². The fourth-order valence-electron chi connectivity index (χ4n) is 3.20. The lowest BCUT2D eigenvalue weighted by Gasteiger charge is -2.24. The van der Waals surface area contributed by atoms with Crippen LogP contribution in [0.15, 0.2) is 30.3 Å². The Kier molecular flexibility index (Phi) is 3.28. The molecule has 0 fully saturated rings. The molecule has 1 aromatic carbocycles. The highest BCUT2D eigenvalue weighted by atomic mass is 15.3. The third-order valence-corrected chi connectivity index (χ3v) is 4.09. The zero-order chi connectivity index (χ0) is 13.2.